The highest BCUT2D eigenvalue weighted by molar-refractivity contribution is 7.90. The average molecular weight is 555 g/mol. The summed E-state index contributed by atoms with van der Waals surface area (Å²) in [6.45, 7) is 4.51. The van der Waals surface area contributed by atoms with Gasteiger partial charge in [-0.25, -0.2) is 13.1 Å². The van der Waals surface area contributed by atoms with Gasteiger partial charge >= 0.3 is 0 Å². The third kappa shape index (κ3) is 4.79. The quantitative estimate of drug-likeness (QED) is 0.263. The van der Waals surface area contributed by atoms with Crippen LogP contribution in [0.4, 0.5) is 0 Å². The van der Waals surface area contributed by atoms with Gasteiger partial charge in [0.15, 0.2) is 9.84 Å². The number of carbonyl (C=O) groups is 1. The van der Waals surface area contributed by atoms with Crippen LogP contribution in [0.3, 0.4) is 0 Å². The molecular weight excluding hydrogens is 528 g/mol. The Morgan fingerprint density at radius 1 is 0.897 bits per heavy atom. The molecule has 7 nitrogen and oxygen atoms in total. The number of hydrogen-bond acceptors (Lipinski definition) is 6. The Kier molecular flexibility index (Phi) is 6.20. The molecule has 5 aromatic rings. The van der Waals surface area contributed by atoms with Crippen LogP contribution in [-0.4, -0.2) is 41.0 Å². The number of carbonyl (C=O) groups excluding carboxylic acids is 1. The van der Waals surface area contributed by atoms with E-state index in [1.54, 1.807) is 57.6 Å². The fraction of sp³-hybridized carbons (Fsp3) is 0.167. The second-order valence-corrected chi connectivity index (χ2v) is 12.9. The van der Waals surface area contributed by atoms with E-state index in [-0.39, 0.29) is 16.6 Å². The number of aromatic nitrogens is 3. The maximum Gasteiger partial charge on any atom is 0.254 e. The zero-order chi connectivity index (χ0) is 27.3. The average Bonchev–Trinajstić information content (AvgIpc) is 3.61. The molecule has 1 amide bonds. The molecule has 0 bridgehead atoms. The van der Waals surface area contributed by atoms with Crippen LogP contribution >= 0.6 is 11.3 Å². The second-order valence-electron chi connectivity index (χ2n) is 9.87. The lowest BCUT2D eigenvalue weighted by Crippen LogP contribution is -2.17. The molecule has 0 aliphatic carbocycles. The standard InChI is InChI=1S/C30H26N4O3S2/c1-19-12-20(2)34(32-19)25-5-7-26(8-6-25)39(36,37)18-21-13-23(16-31-15-21)29-11-10-28(38-29)22-4-9-27-24(14-22)17-33(3)30(27)35/h4-16H,17-18H2,1-3H3. The van der Waals surface area contributed by atoms with Crippen LogP contribution in [0.2, 0.25) is 0 Å². The van der Waals surface area contributed by atoms with Crippen molar-refractivity contribution in [1.82, 2.24) is 19.7 Å². The first-order valence-electron chi connectivity index (χ1n) is 12.5. The third-order valence-corrected chi connectivity index (χ3v) is 9.75. The molecule has 1 aliphatic rings. The van der Waals surface area contributed by atoms with Gasteiger partial charge in [0, 0.05) is 52.6 Å². The highest BCUT2D eigenvalue weighted by Gasteiger charge is 2.24. The van der Waals surface area contributed by atoms with Gasteiger partial charge < -0.3 is 4.90 Å². The van der Waals surface area contributed by atoms with Gasteiger partial charge in [-0.15, -0.1) is 11.3 Å². The van der Waals surface area contributed by atoms with Crippen LogP contribution in [0.25, 0.3) is 26.6 Å². The first-order valence-corrected chi connectivity index (χ1v) is 14.9. The molecule has 0 N–H and O–H groups in total. The Hall–Kier alpha value is -4.08. The fourth-order valence-electron chi connectivity index (χ4n) is 4.96. The van der Waals surface area contributed by atoms with E-state index in [0.717, 1.165) is 49.1 Å². The summed E-state index contributed by atoms with van der Waals surface area (Å²) >= 11 is 1.62. The summed E-state index contributed by atoms with van der Waals surface area (Å²) in [5.74, 6) is -0.0854. The van der Waals surface area contributed by atoms with Gasteiger partial charge in [0.2, 0.25) is 0 Å². The minimum atomic E-state index is -3.57. The summed E-state index contributed by atoms with van der Waals surface area (Å²) in [6.07, 6.45) is 3.36. The van der Waals surface area contributed by atoms with Gasteiger partial charge in [0.1, 0.15) is 0 Å². The van der Waals surface area contributed by atoms with E-state index in [1.165, 1.54) is 0 Å². The van der Waals surface area contributed by atoms with Crippen molar-refractivity contribution in [3.8, 4) is 26.6 Å². The number of pyridine rings is 1. The first kappa shape index (κ1) is 25.2. The van der Waals surface area contributed by atoms with Crippen LogP contribution < -0.4 is 0 Å². The molecule has 0 spiro atoms. The minimum absolute atomic E-state index is 0.0558. The maximum atomic E-state index is 13.2. The van der Waals surface area contributed by atoms with Crippen molar-refractivity contribution < 1.29 is 13.2 Å². The van der Waals surface area contributed by atoms with Crippen LogP contribution in [0.1, 0.15) is 32.9 Å². The molecule has 2 aromatic carbocycles. The monoisotopic (exact) mass is 554 g/mol. The van der Waals surface area contributed by atoms with E-state index in [2.05, 4.69) is 22.2 Å². The van der Waals surface area contributed by atoms with Crippen molar-refractivity contribution in [2.45, 2.75) is 31.0 Å². The van der Waals surface area contributed by atoms with Crippen molar-refractivity contribution in [2.75, 3.05) is 7.05 Å². The summed E-state index contributed by atoms with van der Waals surface area (Å²) in [5, 5.41) is 4.47. The zero-order valence-corrected chi connectivity index (χ0v) is 23.4. The van der Waals surface area contributed by atoms with Gasteiger partial charge in [0.25, 0.3) is 5.91 Å². The molecule has 1 aliphatic heterocycles. The summed E-state index contributed by atoms with van der Waals surface area (Å²) in [4.78, 5) is 20.6. The summed E-state index contributed by atoms with van der Waals surface area (Å²) < 4.78 is 28.2. The van der Waals surface area contributed by atoms with Crippen LogP contribution in [-0.2, 0) is 22.1 Å². The van der Waals surface area contributed by atoms with Crippen molar-refractivity contribution in [3.05, 3.63) is 107 Å². The lowest BCUT2D eigenvalue weighted by molar-refractivity contribution is 0.0816. The molecule has 0 fully saturated rings. The Labute approximate surface area is 231 Å². The molecule has 0 unspecified atom stereocenters. The van der Waals surface area contributed by atoms with E-state index < -0.39 is 9.84 Å². The van der Waals surface area contributed by atoms with Gasteiger partial charge in [0.05, 0.1) is 22.0 Å². The Bertz CT molecular complexity index is 1840. The largest absolute Gasteiger partial charge is 0.337 e. The van der Waals surface area contributed by atoms with Crippen molar-refractivity contribution in [1.29, 1.82) is 0 Å². The number of thiophene rings is 1. The SMILES string of the molecule is Cc1cc(C)n(-c2ccc(S(=O)(=O)Cc3cncc(-c4ccc(-c5ccc6c(c5)CN(C)C6=O)s4)c3)cc2)n1. The molecule has 39 heavy (non-hydrogen) atoms. The van der Waals surface area contributed by atoms with Crippen LogP contribution in [0.5, 0.6) is 0 Å². The Morgan fingerprint density at radius 3 is 2.36 bits per heavy atom. The molecule has 0 saturated carbocycles. The number of aryl methyl sites for hydroxylation is 2. The molecule has 0 saturated heterocycles. The normalized spacial score (nSPS) is 13.2. The Balaban J connectivity index is 1.21. The molecular formula is C30H26N4O3S2. The van der Waals surface area contributed by atoms with Gasteiger partial charge in [-0.1, -0.05) is 6.07 Å². The first-order chi connectivity index (χ1) is 18.7. The smallest absolute Gasteiger partial charge is 0.254 e. The molecule has 6 rings (SSSR count). The van der Waals surface area contributed by atoms with Crippen molar-refractivity contribution in [3.63, 3.8) is 0 Å². The molecule has 0 radical (unpaired) electrons. The highest BCUT2D eigenvalue weighted by Crippen LogP contribution is 2.36. The number of fused-ring (bicyclic) bond motifs is 1. The van der Waals surface area contributed by atoms with Crippen LogP contribution in [0.15, 0.2) is 84.0 Å². The lowest BCUT2D eigenvalue weighted by atomic mass is 10.1. The summed E-state index contributed by atoms with van der Waals surface area (Å²) in [7, 11) is -1.76. The number of sulfone groups is 1. The fourth-order valence-corrected chi connectivity index (χ4v) is 7.25. The van der Waals surface area contributed by atoms with Gasteiger partial charge in [-0.05, 0) is 91.2 Å². The summed E-state index contributed by atoms with van der Waals surface area (Å²) in [6, 6.07) is 20.7. The minimum Gasteiger partial charge on any atom is -0.337 e. The molecule has 4 heterocycles. The predicted molar refractivity (Wildman–Crippen MR) is 153 cm³/mol. The number of hydrogen-bond donors (Lipinski definition) is 0. The van der Waals surface area contributed by atoms with E-state index in [1.807, 2.05) is 51.2 Å². The molecule has 0 atom stereocenters. The van der Waals surface area contributed by atoms with Crippen LogP contribution in [0, 0.1) is 13.8 Å². The number of benzene rings is 2. The van der Waals surface area contributed by atoms with Crippen molar-refractivity contribution in [2.24, 2.45) is 0 Å². The third-order valence-electron chi connectivity index (χ3n) is 6.87. The lowest BCUT2D eigenvalue weighted by Gasteiger charge is -2.08. The molecule has 3 aromatic heterocycles. The van der Waals surface area contributed by atoms with Gasteiger partial charge in [-0.3, -0.25) is 9.78 Å². The molecule has 9 heteroatoms. The molecule has 196 valence electrons. The number of nitrogens with zero attached hydrogens (tertiary/aromatic N) is 4. The van der Waals surface area contributed by atoms with Gasteiger partial charge in [-0.2, -0.15) is 5.10 Å². The van der Waals surface area contributed by atoms with E-state index in [4.69, 9.17) is 0 Å². The van der Waals surface area contributed by atoms with E-state index in [9.17, 15) is 13.2 Å². The van der Waals surface area contributed by atoms with E-state index in [0.29, 0.717) is 12.1 Å². The second kappa shape index (κ2) is 9.59. The van der Waals surface area contributed by atoms with E-state index >= 15 is 0 Å². The predicted octanol–water partition coefficient (Wildman–Crippen LogP) is 5.84. The summed E-state index contributed by atoms with van der Waals surface area (Å²) in [5.41, 5.74) is 7.07. The van der Waals surface area contributed by atoms with Crippen molar-refractivity contribution >= 4 is 27.1 Å². The number of amides is 1. The highest BCUT2D eigenvalue weighted by atomic mass is 32.2. The number of rotatable bonds is 6. The topological polar surface area (TPSA) is 85.2 Å². The zero-order valence-electron chi connectivity index (χ0n) is 21.7. The Morgan fingerprint density at radius 2 is 1.64 bits per heavy atom. The maximum absolute atomic E-state index is 13.2.